The van der Waals surface area contributed by atoms with E-state index in [1.54, 1.807) is 6.07 Å². The molecule has 3 saturated heterocycles. The fourth-order valence-electron chi connectivity index (χ4n) is 14.8. The molecule has 428 valence electrons. The number of aromatic amines is 1. The third-order valence-corrected chi connectivity index (χ3v) is 20.8. The zero-order valence-corrected chi connectivity index (χ0v) is 47.6. The molecule has 0 unspecified atom stereocenters. The Hall–Kier alpha value is -5.83. The van der Waals surface area contributed by atoms with Crippen molar-refractivity contribution in [2.24, 2.45) is 11.3 Å². The number of nitro benzene ring substituents is 1. The van der Waals surface area contributed by atoms with E-state index < -0.39 is 42.6 Å². The van der Waals surface area contributed by atoms with Crippen LogP contribution in [0.25, 0.3) is 11.0 Å². The Labute approximate surface area is 469 Å². The summed E-state index contributed by atoms with van der Waals surface area (Å²) in [7, 11) is -4.66. The lowest BCUT2D eigenvalue weighted by Gasteiger charge is -2.57. The van der Waals surface area contributed by atoms with Crippen molar-refractivity contribution >= 4 is 61.2 Å². The van der Waals surface area contributed by atoms with E-state index in [0.717, 1.165) is 106 Å². The molecule has 4 aliphatic heterocycles. The van der Waals surface area contributed by atoms with Crippen LogP contribution in [0.4, 0.5) is 34.3 Å². The molecule has 6 fully saturated rings. The lowest BCUT2D eigenvalue weighted by Crippen LogP contribution is -2.63. The molecule has 7 aliphatic rings. The first kappa shape index (κ1) is 54.7. The van der Waals surface area contributed by atoms with Crippen molar-refractivity contribution in [3.63, 3.8) is 0 Å². The Morgan fingerprint density at radius 1 is 0.838 bits per heavy atom. The van der Waals surface area contributed by atoms with Gasteiger partial charge in [0.05, 0.1) is 75.9 Å². The third-order valence-electron chi connectivity index (χ3n) is 19.5. The highest BCUT2D eigenvalue weighted by atomic mass is 32.2. The average molecular weight is 1110 g/mol. The molecule has 18 nitrogen and oxygen atoms in total. The van der Waals surface area contributed by atoms with Gasteiger partial charge in [-0.2, -0.15) is 0 Å². The van der Waals surface area contributed by atoms with Crippen LogP contribution in [0.5, 0.6) is 0 Å². The molecule has 3 aliphatic carbocycles. The summed E-state index contributed by atoms with van der Waals surface area (Å²) in [6.45, 7) is 13.6. The Morgan fingerprint density at radius 2 is 1.56 bits per heavy atom. The van der Waals surface area contributed by atoms with E-state index in [1.165, 1.54) is 23.3 Å². The lowest BCUT2D eigenvalue weighted by molar-refractivity contribution is -0.384. The molecule has 1 amide bonds. The number of aromatic nitrogens is 2. The molecular formula is C61H79N9O9S. The van der Waals surface area contributed by atoms with Gasteiger partial charge in [-0.25, -0.2) is 18.1 Å². The van der Waals surface area contributed by atoms with Gasteiger partial charge in [0.25, 0.3) is 21.6 Å². The Bertz CT molecular complexity index is 3220. The number of nitrogens with zero attached hydrogens (tertiary/aromatic N) is 6. The number of benzene rings is 3. The van der Waals surface area contributed by atoms with E-state index in [4.69, 9.17) is 14.5 Å². The fraction of sp³-hybridized carbons (Fsp3) is 0.574. The topological polar surface area (TPSA) is 219 Å². The van der Waals surface area contributed by atoms with E-state index in [0.29, 0.717) is 81.8 Å². The highest BCUT2D eigenvalue weighted by Gasteiger charge is 2.51. The van der Waals surface area contributed by atoms with Crippen LogP contribution < -0.4 is 24.7 Å². The van der Waals surface area contributed by atoms with E-state index in [2.05, 4.69) is 84.9 Å². The van der Waals surface area contributed by atoms with Gasteiger partial charge in [-0.05, 0) is 168 Å². The first-order chi connectivity index (χ1) is 38.3. The van der Waals surface area contributed by atoms with Gasteiger partial charge in [0.15, 0.2) is 5.82 Å². The summed E-state index contributed by atoms with van der Waals surface area (Å²) in [6, 6.07) is 22.7. The molecule has 19 heteroatoms. The molecule has 3 aromatic carbocycles. The maximum absolute atomic E-state index is 15.1. The predicted octanol–water partition coefficient (Wildman–Crippen LogP) is 9.70. The molecule has 3 atom stereocenters. The number of ether oxygens (including phenoxy) is 2. The lowest BCUT2D eigenvalue weighted by atomic mass is 9.59. The van der Waals surface area contributed by atoms with Gasteiger partial charge in [0, 0.05) is 68.2 Å². The summed E-state index contributed by atoms with van der Waals surface area (Å²) in [4.78, 5) is 45.0. The number of piperidine rings is 1. The number of H-pyrrole nitrogens is 1. The monoisotopic (exact) mass is 1110 g/mol. The normalized spacial score (nSPS) is 28.3. The number of morpholine rings is 1. The minimum Gasteiger partial charge on any atom is -0.390 e. The maximum atomic E-state index is 15.1. The highest BCUT2D eigenvalue weighted by molar-refractivity contribution is 7.90. The number of nitrogens with one attached hydrogen (secondary N) is 3. The van der Waals surface area contributed by atoms with E-state index in [9.17, 15) is 28.7 Å². The fourth-order valence-corrected chi connectivity index (χ4v) is 15.7. The van der Waals surface area contributed by atoms with Crippen LogP contribution in [0.15, 0.2) is 83.9 Å². The van der Waals surface area contributed by atoms with Crippen molar-refractivity contribution < 1.29 is 37.8 Å². The first-order valence-corrected chi connectivity index (χ1v) is 30.8. The predicted molar refractivity (Wildman–Crippen MR) is 310 cm³/mol. The summed E-state index contributed by atoms with van der Waals surface area (Å²) < 4.78 is 43.7. The SMILES string of the molecule is CC(C)c1ccccc1[C@@H]1COCCN1C1CC2(CCN(c3ccc(C(=O)NS(=O)(=O)c4ccc(NC[C@H]5CC[C@](C)(O)CC5)c([N+](=O)[O-])c4)c(N4c5cc6cc[nH]c6nc5N(C5CCC(C)(O)CC5)[C@H]5COCC[C@@H]54)c3)CC2)C1. The zero-order chi connectivity index (χ0) is 55.7. The minimum absolute atomic E-state index is 0.0664. The molecule has 5 aromatic rings. The van der Waals surface area contributed by atoms with Gasteiger partial charge in [0.1, 0.15) is 11.3 Å². The van der Waals surface area contributed by atoms with Crippen molar-refractivity contribution in [3.8, 4) is 0 Å². The van der Waals surface area contributed by atoms with Crippen LogP contribution in [0.1, 0.15) is 145 Å². The molecule has 5 N–H and O–H groups in total. The zero-order valence-electron chi connectivity index (χ0n) is 46.7. The number of nitro groups is 1. The van der Waals surface area contributed by atoms with E-state index >= 15 is 4.79 Å². The summed E-state index contributed by atoms with van der Waals surface area (Å²) in [5.41, 5.74) is 4.38. The second kappa shape index (κ2) is 21.5. The number of hydrogen-bond acceptors (Lipinski definition) is 15. The van der Waals surface area contributed by atoms with Gasteiger partial charge < -0.3 is 44.7 Å². The second-order valence-corrected chi connectivity index (χ2v) is 27.0. The van der Waals surface area contributed by atoms with Crippen molar-refractivity contribution in [2.45, 2.75) is 163 Å². The Morgan fingerprint density at radius 3 is 2.30 bits per heavy atom. The minimum atomic E-state index is -4.66. The summed E-state index contributed by atoms with van der Waals surface area (Å²) in [6.07, 6.45) is 12.4. The molecule has 6 heterocycles. The van der Waals surface area contributed by atoms with Crippen LogP contribution in [-0.4, -0.2) is 132 Å². The summed E-state index contributed by atoms with van der Waals surface area (Å²) in [5.74, 6) is 0.478. The van der Waals surface area contributed by atoms with Gasteiger partial charge in [0.2, 0.25) is 0 Å². The van der Waals surface area contributed by atoms with Crippen molar-refractivity contribution in [3.05, 3.63) is 106 Å². The van der Waals surface area contributed by atoms with Gasteiger partial charge in [-0.1, -0.05) is 38.1 Å². The van der Waals surface area contributed by atoms with Gasteiger partial charge in [-0.3, -0.25) is 19.8 Å². The number of anilines is 5. The summed E-state index contributed by atoms with van der Waals surface area (Å²) in [5, 5.41) is 38.1. The van der Waals surface area contributed by atoms with E-state index in [1.807, 2.05) is 32.2 Å². The third kappa shape index (κ3) is 10.7. The first-order valence-electron chi connectivity index (χ1n) is 29.3. The van der Waals surface area contributed by atoms with Gasteiger partial charge >= 0.3 is 0 Å². The Balaban J connectivity index is 0.858. The number of rotatable bonds is 13. The number of hydrogen-bond donors (Lipinski definition) is 5. The van der Waals surface area contributed by atoms with Crippen LogP contribution in [-0.2, 0) is 19.5 Å². The van der Waals surface area contributed by atoms with Crippen LogP contribution in [0, 0.1) is 21.4 Å². The molecule has 0 radical (unpaired) electrons. The van der Waals surface area contributed by atoms with Crippen molar-refractivity contribution in [1.82, 2.24) is 19.6 Å². The molecule has 12 rings (SSSR count). The highest BCUT2D eigenvalue weighted by Crippen LogP contribution is 2.54. The number of carbonyl (C=O) groups excluding carboxylic acids is 1. The van der Waals surface area contributed by atoms with Crippen molar-refractivity contribution in [1.29, 1.82) is 0 Å². The van der Waals surface area contributed by atoms with Crippen LogP contribution in [0.3, 0.4) is 0 Å². The van der Waals surface area contributed by atoms with Crippen LogP contribution >= 0.6 is 0 Å². The van der Waals surface area contributed by atoms with Crippen molar-refractivity contribution in [2.75, 3.05) is 72.6 Å². The molecule has 2 aromatic heterocycles. The number of pyridine rings is 1. The Kier molecular flexibility index (Phi) is 14.7. The molecule has 1 spiro atoms. The quantitative estimate of drug-likeness (QED) is 0.0547. The number of amides is 1. The van der Waals surface area contributed by atoms with Gasteiger partial charge in [-0.15, -0.1) is 0 Å². The standard InChI is InChI=1S/C61H79N9O9S/c1-39(2)46-7-5-6-8-47(46)54-37-79-30-28-67(54)44-34-61(35-44)23-26-66(27-24-61)43-9-11-48(58(71)65-80(76,77)45-10-12-49(52(33-45)70(74)75)63-36-40-13-19-59(3,72)20-14-40)51(32-43)69-50-18-29-78-38-55(50)68(42-15-21-60(4,73)22-16-42)57-53(69)31-41-17-25-62-56(41)64-57/h5-12,17,25,31-33,39-40,42,44,50,54-55,63,72-73H,13-16,18-24,26-30,34-38H2,1-4H3,(H,62,64)(H,65,71)/t40-,42?,50-,54-,55-,59-,60?/m0/s1. The molecule has 80 heavy (non-hydrogen) atoms. The number of sulfonamides is 1. The van der Waals surface area contributed by atoms with Crippen LogP contribution in [0.2, 0.25) is 0 Å². The molecule has 0 bridgehead atoms. The number of aliphatic hydroxyl groups is 2. The smallest absolute Gasteiger partial charge is 0.293 e. The number of fused-ring (bicyclic) bond motifs is 3. The maximum Gasteiger partial charge on any atom is 0.293 e. The largest absolute Gasteiger partial charge is 0.390 e. The number of carbonyl (C=O) groups is 1. The second-order valence-electron chi connectivity index (χ2n) is 25.3. The summed E-state index contributed by atoms with van der Waals surface area (Å²) >= 11 is 0. The molecule has 3 saturated carbocycles. The average Bonchev–Trinajstić information content (AvgIpc) is 4.07. The van der Waals surface area contributed by atoms with E-state index in [-0.39, 0.29) is 46.8 Å². The molecular weight excluding hydrogens is 1030 g/mol.